The molecule has 0 radical (unpaired) electrons. The molecule has 48 valence electrons. The maximum atomic E-state index is 8.67. The zero-order valence-corrected chi connectivity index (χ0v) is 5.78. The van der Waals surface area contributed by atoms with Gasteiger partial charge in [0.15, 0.2) is 0 Å². The summed E-state index contributed by atoms with van der Waals surface area (Å²) in [6, 6.07) is 0. The first-order chi connectivity index (χ1) is 3.93. The van der Waals surface area contributed by atoms with Gasteiger partial charge in [-0.05, 0) is 18.6 Å². The van der Waals surface area contributed by atoms with E-state index in [9.17, 15) is 0 Å². The lowest BCUT2D eigenvalue weighted by molar-refractivity contribution is 0.287. The zero-order valence-electron chi connectivity index (χ0n) is 4.97. The van der Waals surface area contributed by atoms with Crippen molar-refractivity contribution in [3.63, 3.8) is 0 Å². The van der Waals surface area contributed by atoms with Gasteiger partial charge >= 0.3 is 0 Å². The largest absolute Gasteiger partial charge is 0.395 e. The Bertz CT molecular complexity index is 59.5. The van der Waals surface area contributed by atoms with Crippen LogP contribution in [0.4, 0.5) is 0 Å². The van der Waals surface area contributed by atoms with Gasteiger partial charge in [0.2, 0.25) is 0 Å². The van der Waals surface area contributed by atoms with Gasteiger partial charge in [-0.1, -0.05) is 6.42 Å². The second-order valence-electron chi connectivity index (χ2n) is 2.17. The molecule has 8 heavy (non-hydrogen) atoms. The lowest BCUT2D eigenvalue weighted by Gasteiger charge is -2.17. The van der Waals surface area contributed by atoms with Crippen molar-refractivity contribution in [2.45, 2.75) is 24.5 Å². The molecule has 1 heterocycles. The molecule has 1 aliphatic rings. The van der Waals surface area contributed by atoms with Crippen LogP contribution in [0.1, 0.15) is 19.3 Å². The van der Waals surface area contributed by atoms with E-state index in [1.165, 1.54) is 25.0 Å². The smallest absolute Gasteiger partial charge is 0.0550 e. The van der Waals surface area contributed by atoms with Crippen LogP contribution in [0.15, 0.2) is 0 Å². The number of aliphatic hydroxyl groups is 1. The van der Waals surface area contributed by atoms with E-state index in [1.54, 1.807) is 0 Å². The fourth-order valence-electron chi connectivity index (χ4n) is 0.951. The van der Waals surface area contributed by atoms with E-state index in [0.717, 1.165) is 0 Å². The summed E-state index contributed by atoms with van der Waals surface area (Å²) in [5.41, 5.74) is 0. The van der Waals surface area contributed by atoms with Gasteiger partial charge in [0, 0.05) is 5.25 Å². The van der Waals surface area contributed by atoms with E-state index in [1.807, 2.05) is 11.8 Å². The van der Waals surface area contributed by atoms with Crippen molar-refractivity contribution >= 4 is 11.8 Å². The second-order valence-corrected chi connectivity index (χ2v) is 3.58. The molecule has 0 aromatic rings. The fourth-order valence-corrected chi connectivity index (χ4v) is 2.09. The van der Waals surface area contributed by atoms with Crippen molar-refractivity contribution in [3.8, 4) is 0 Å². The highest BCUT2D eigenvalue weighted by atomic mass is 32.2. The van der Waals surface area contributed by atoms with E-state index in [4.69, 9.17) is 5.11 Å². The van der Waals surface area contributed by atoms with Crippen LogP contribution in [-0.2, 0) is 0 Å². The summed E-state index contributed by atoms with van der Waals surface area (Å²) in [6.07, 6.45) is 3.89. The molecule has 0 unspecified atom stereocenters. The van der Waals surface area contributed by atoms with E-state index >= 15 is 0 Å². The predicted molar refractivity (Wildman–Crippen MR) is 37.2 cm³/mol. The third kappa shape index (κ3) is 1.67. The molecule has 1 N–H and O–H groups in total. The highest BCUT2D eigenvalue weighted by molar-refractivity contribution is 7.99. The lowest BCUT2D eigenvalue weighted by atomic mass is 10.2. The van der Waals surface area contributed by atoms with Gasteiger partial charge in [0.1, 0.15) is 0 Å². The number of rotatable bonds is 1. The summed E-state index contributed by atoms with van der Waals surface area (Å²) in [7, 11) is 0. The molecule has 0 aliphatic carbocycles. The molecule has 1 nitrogen and oxygen atoms in total. The summed E-state index contributed by atoms with van der Waals surface area (Å²) < 4.78 is 0. The van der Waals surface area contributed by atoms with Crippen LogP contribution in [-0.4, -0.2) is 22.7 Å². The average Bonchev–Trinajstić information content (AvgIpc) is 1.90. The Morgan fingerprint density at radius 1 is 1.50 bits per heavy atom. The minimum atomic E-state index is 0.380. The van der Waals surface area contributed by atoms with Crippen LogP contribution in [0.5, 0.6) is 0 Å². The summed E-state index contributed by atoms with van der Waals surface area (Å²) in [5.74, 6) is 1.26. The van der Waals surface area contributed by atoms with Crippen LogP contribution in [0, 0.1) is 0 Å². The molecule has 1 atom stereocenters. The van der Waals surface area contributed by atoms with Crippen molar-refractivity contribution in [2.75, 3.05) is 12.4 Å². The third-order valence-corrected chi connectivity index (χ3v) is 2.86. The molecule has 0 bridgehead atoms. The Labute approximate surface area is 54.5 Å². The van der Waals surface area contributed by atoms with Gasteiger partial charge in [0.25, 0.3) is 0 Å². The first kappa shape index (κ1) is 6.43. The van der Waals surface area contributed by atoms with Crippen molar-refractivity contribution in [1.82, 2.24) is 0 Å². The molecular formula is C6H12OS. The topological polar surface area (TPSA) is 20.2 Å². The minimum Gasteiger partial charge on any atom is -0.395 e. The number of thioether (sulfide) groups is 1. The van der Waals surface area contributed by atoms with Crippen LogP contribution >= 0.6 is 11.8 Å². The Balaban J connectivity index is 2.13. The van der Waals surface area contributed by atoms with Crippen LogP contribution in [0.25, 0.3) is 0 Å². The Morgan fingerprint density at radius 3 is 2.75 bits per heavy atom. The van der Waals surface area contributed by atoms with Crippen molar-refractivity contribution in [2.24, 2.45) is 0 Å². The van der Waals surface area contributed by atoms with E-state index in [2.05, 4.69) is 0 Å². The SMILES string of the molecule is OC[C@@H]1CCCCS1. The van der Waals surface area contributed by atoms with Gasteiger partial charge in [-0.2, -0.15) is 11.8 Å². The van der Waals surface area contributed by atoms with Gasteiger partial charge < -0.3 is 5.11 Å². The first-order valence-corrected chi connectivity index (χ1v) is 4.21. The van der Waals surface area contributed by atoms with E-state index < -0.39 is 0 Å². The summed E-state index contributed by atoms with van der Waals surface area (Å²) in [6.45, 7) is 0.380. The third-order valence-electron chi connectivity index (χ3n) is 1.48. The van der Waals surface area contributed by atoms with Gasteiger partial charge in [-0.3, -0.25) is 0 Å². The molecule has 0 amide bonds. The molecule has 2 heteroatoms. The monoisotopic (exact) mass is 132 g/mol. The maximum absolute atomic E-state index is 8.67. The van der Waals surface area contributed by atoms with Crippen molar-refractivity contribution in [1.29, 1.82) is 0 Å². The lowest BCUT2D eigenvalue weighted by Crippen LogP contribution is -2.12. The number of aliphatic hydroxyl groups excluding tert-OH is 1. The van der Waals surface area contributed by atoms with Gasteiger partial charge in [-0.15, -0.1) is 0 Å². The summed E-state index contributed by atoms with van der Waals surface area (Å²) in [4.78, 5) is 0. The highest BCUT2D eigenvalue weighted by Gasteiger charge is 2.11. The van der Waals surface area contributed by atoms with Gasteiger partial charge in [-0.25, -0.2) is 0 Å². The fraction of sp³-hybridized carbons (Fsp3) is 1.00. The first-order valence-electron chi connectivity index (χ1n) is 3.16. The molecule has 1 saturated heterocycles. The Morgan fingerprint density at radius 2 is 2.38 bits per heavy atom. The molecule has 0 spiro atoms. The second kappa shape index (κ2) is 3.36. The number of hydrogen-bond acceptors (Lipinski definition) is 2. The maximum Gasteiger partial charge on any atom is 0.0550 e. The van der Waals surface area contributed by atoms with Crippen molar-refractivity contribution in [3.05, 3.63) is 0 Å². The van der Waals surface area contributed by atoms with Crippen LogP contribution < -0.4 is 0 Å². The summed E-state index contributed by atoms with van der Waals surface area (Å²) in [5, 5.41) is 9.23. The number of hydrogen-bond donors (Lipinski definition) is 1. The highest BCUT2D eigenvalue weighted by Crippen LogP contribution is 2.23. The standard InChI is InChI=1S/C6H12OS/c7-5-6-3-1-2-4-8-6/h6-7H,1-5H2/t6-/m0/s1. The molecular weight excluding hydrogens is 120 g/mol. The molecule has 1 fully saturated rings. The molecule has 0 aromatic carbocycles. The van der Waals surface area contributed by atoms with Crippen LogP contribution in [0.3, 0.4) is 0 Å². The minimum absolute atomic E-state index is 0.380. The zero-order chi connectivity index (χ0) is 5.82. The normalized spacial score (nSPS) is 30.4. The molecule has 0 aromatic heterocycles. The van der Waals surface area contributed by atoms with Gasteiger partial charge in [0.05, 0.1) is 6.61 Å². The predicted octanol–water partition coefficient (Wildman–Crippen LogP) is 1.26. The Hall–Kier alpha value is 0.310. The Kier molecular flexibility index (Phi) is 2.70. The van der Waals surface area contributed by atoms with E-state index in [-0.39, 0.29) is 0 Å². The van der Waals surface area contributed by atoms with Crippen molar-refractivity contribution < 1.29 is 5.11 Å². The molecule has 1 rings (SSSR count). The average molecular weight is 132 g/mol. The molecule has 1 aliphatic heterocycles. The van der Waals surface area contributed by atoms with Crippen LogP contribution in [0.2, 0.25) is 0 Å². The van der Waals surface area contributed by atoms with E-state index in [0.29, 0.717) is 11.9 Å². The molecule has 0 saturated carbocycles. The summed E-state index contributed by atoms with van der Waals surface area (Å²) >= 11 is 1.91. The quantitative estimate of drug-likeness (QED) is 0.579.